The van der Waals surface area contributed by atoms with Crippen LogP contribution in [0.15, 0.2) is 60.8 Å². The van der Waals surface area contributed by atoms with Crippen LogP contribution in [0.1, 0.15) is 65.8 Å². The fourth-order valence-electron chi connectivity index (χ4n) is 2.70. The molecule has 2 rings (SSSR count). The van der Waals surface area contributed by atoms with Crippen LogP contribution in [0.25, 0.3) is 0 Å². The Balaban J connectivity index is 1.84. The van der Waals surface area contributed by atoms with Crippen molar-refractivity contribution in [1.29, 1.82) is 0 Å². The predicted molar refractivity (Wildman–Crippen MR) is 108 cm³/mol. The van der Waals surface area contributed by atoms with Gasteiger partial charge in [0.15, 0.2) is 11.6 Å². The molecule has 0 saturated heterocycles. The van der Waals surface area contributed by atoms with Gasteiger partial charge in [-0.3, -0.25) is 9.59 Å². The summed E-state index contributed by atoms with van der Waals surface area (Å²) < 4.78 is 0. The molecule has 2 aromatic rings. The summed E-state index contributed by atoms with van der Waals surface area (Å²) in [6.45, 7) is 3.75. The van der Waals surface area contributed by atoms with Crippen LogP contribution in [-0.4, -0.2) is 11.6 Å². The lowest BCUT2D eigenvalue weighted by molar-refractivity contribution is 0.101. The molecule has 0 radical (unpaired) electrons. The molecule has 0 aliphatic carbocycles. The molecule has 136 valence electrons. The molecule has 3 heteroatoms. The molecule has 3 nitrogen and oxygen atoms in total. The van der Waals surface area contributed by atoms with Gasteiger partial charge >= 0.3 is 0 Å². The highest BCUT2D eigenvalue weighted by Crippen LogP contribution is 2.12. The lowest BCUT2D eigenvalue weighted by Gasteiger charge is -2.03. The largest absolute Gasteiger partial charge is 0.362 e. The smallest absolute Gasteiger partial charge is 0.187 e. The normalized spacial score (nSPS) is 10.8. The number of unbranched alkanes of at least 4 members (excludes halogenated alkanes) is 3. The molecule has 0 fully saturated rings. The molecule has 0 aromatic heterocycles. The Morgan fingerprint density at radius 1 is 0.885 bits per heavy atom. The Kier molecular flexibility index (Phi) is 7.81. The van der Waals surface area contributed by atoms with Gasteiger partial charge in [-0.15, -0.1) is 0 Å². The van der Waals surface area contributed by atoms with Gasteiger partial charge in [-0.1, -0.05) is 50.5 Å². The van der Waals surface area contributed by atoms with Gasteiger partial charge < -0.3 is 5.32 Å². The van der Waals surface area contributed by atoms with E-state index < -0.39 is 0 Å². The standard InChI is InChI=1S/C23H27NO2/c1-3-4-5-6-7-19-8-10-21(11-9-19)23(26)16-17-24-22-14-12-20(13-15-22)18(2)25/h8-17,24H,3-7H2,1-2H3/b17-16+. The van der Waals surface area contributed by atoms with E-state index >= 15 is 0 Å². The highest BCUT2D eigenvalue weighted by Gasteiger charge is 2.02. The lowest BCUT2D eigenvalue weighted by atomic mass is 10.0. The Labute approximate surface area is 156 Å². The fourth-order valence-corrected chi connectivity index (χ4v) is 2.70. The number of rotatable bonds is 10. The topological polar surface area (TPSA) is 46.2 Å². The van der Waals surface area contributed by atoms with E-state index in [4.69, 9.17) is 0 Å². The minimum absolute atomic E-state index is 0.0320. The van der Waals surface area contributed by atoms with E-state index in [1.165, 1.54) is 44.2 Å². The summed E-state index contributed by atoms with van der Waals surface area (Å²) in [4.78, 5) is 23.5. The third-order valence-electron chi connectivity index (χ3n) is 4.33. The zero-order valence-electron chi connectivity index (χ0n) is 15.6. The maximum Gasteiger partial charge on any atom is 0.187 e. The van der Waals surface area contributed by atoms with Crippen LogP contribution in [0.2, 0.25) is 0 Å². The van der Waals surface area contributed by atoms with E-state index in [0.29, 0.717) is 11.1 Å². The molecule has 0 bridgehead atoms. The van der Waals surface area contributed by atoms with Crippen LogP contribution in [0.4, 0.5) is 5.69 Å². The molecule has 26 heavy (non-hydrogen) atoms. The maximum absolute atomic E-state index is 12.2. The fraction of sp³-hybridized carbons (Fsp3) is 0.304. The van der Waals surface area contributed by atoms with Gasteiger partial charge in [-0.05, 0) is 49.6 Å². The van der Waals surface area contributed by atoms with Crippen LogP contribution in [0, 0.1) is 0 Å². The van der Waals surface area contributed by atoms with Crippen molar-refractivity contribution in [1.82, 2.24) is 0 Å². The van der Waals surface area contributed by atoms with Crippen LogP contribution < -0.4 is 5.32 Å². The van der Waals surface area contributed by atoms with Crippen molar-refractivity contribution in [3.05, 3.63) is 77.5 Å². The molecular formula is C23H27NO2. The summed E-state index contributed by atoms with van der Waals surface area (Å²) in [5, 5.41) is 3.05. The van der Waals surface area contributed by atoms with E-state index in [1.807, 2.05) is 36.4 Å². The Morgan fingerprint density at radius 3 is 2.15 bits per heavy atom. The molecule has 0 atom stereocenters. The summed E-state index contributed by atoms with van der Waals surface area (Å²) in [6, 6.07) is 15.0. The molecule has 2 aromatic carbocycles. The van der Waals surface area contributed by atoms with Gasteiger partial charge in [-0.2, -0.15) is 0 Å². The number of ketones is 2. The Bertz CT molecular complexity index is 743. The van der Waals surface area contributed by atoms with Gasteiger partial charge in [0.2, 0.25) is 0 Å². The molecule has 0 heterocycles. The van der Waals surface area contributed by atoms with Crippen LogP contribution >= 0.6 is 0 Å². The zero-order chi connectivity index (χ0) is 18.8. The highest BCUT2D eigenvalue weighted by molar-refractivity contribution is 6.04. The van der Waals surface area contributed by atoms with Gasteiger partial charge in [-0.25, -0.2) is 0 Å². The van der Waals surface area contributed by atoms with Gasteiger partial charge in [0.25, 0.3) is 0 Å². The van der Waals surface area contributed by atoms with Crippen molar-refractivity contribution in [2.45, 2.75) is 46.0 Å². The average molecular weight is 349 g/mol. The number of carbonyl (C=O) groups excluding carboxylic acids is 2. The van der Waals surface area contributed by atoms with Crippen molar-refractivity contribution in [3.8, 4) is 0 Å². The second kappa shape index (κ2) is 10.3. The molecular weight excluding hydrogens is 322 g/mol. The van der Waals surface area contributed by atoms with Crippen molar-refractivity contribution >= 4 is 17.3 Å². The first-order valence-electron chi connectivity index (χ1n) is 9.27. The third-order valence-corrected chi connectivity index (χ3v) is 4.33. The van der Waals surface area contributed by atoms with E-state index in [-0.39, 0.29) is 11.6 Å². The number of anilines is 1. The summed E-state index contributed by atoms with van der Waals surface area (Å²) in [5.74, 6) is 0.00599. The van der Waals surface area contributed by atoms with Gasteiger partial charge in [0, 0.05) is 29.1 Å². The quantitative estimate of drug-likeness (QED) is 0.334. The van der Waals surface area contributed by atoms with Gasteiger partial charge in [0.05, 0.1) is 0 Å². The minimum Gasteiger partial charge on any atom is -0.362 e. The number of benzene rings is 2. The van der Waals surface area contributed by atoms with Crippen molar-refractivity contribution in [2.75, 3.05) is 5.32 Å². The van der Waals surface area contributed by atoms with Crippen LogP contribution in [0.3, 0.4) is 0 Å². The van der Waals surface area contributed by atoms with Crippen LogP contribution in [0.5, 0.6) is 0 Å². The minimum atomic E-state index is -0.0320. The molecule has 1 N–H and O–H groups in total. The van der Waals surface area contributed by atoms with E-state index in [9.17, 15) is 9.59 Å². The number of carbonyl (C=O) groups is 2. The predicted octanol–water partition coefficient (Wildman–Crippen LogP) is 5.82. The van der Waals surface area contributed by atoms with E-state index in [2.05, 4.69) is 12.2 Å². The SMILES string of the molecule is CCCCCCc1ccc(C(=O)/C=C/Nc2ccc(C(C)=O)cc2)cc1. The summed E-state index contributed by atoms with van der Waals surface area (Å²) in [6.07, 6.45) is 9.22. The van der Waals surface area contributed by atoms with Crippen molar-refractivity contribution in [3.63, 3.8) is 0 Å². The molecule has 0 aliphatic rings. The first-order valence-corrected chi connectivity index (χ1v) is 9.27. The second-order valence-corrected chi connectivity index (χ2v) is 6.48. The van der Waals surface area contributed by atoms with Gasteiger partial charge in [0.1, 0.15) is 0 Å². The van der Waals surface area contributed by atoms with Crippen molar-refractivity contribution < 1.29 is 9.59 Å². The molecule has 0 aliphatic heterocycles. The summed E-state index contributed by atoms with van der Waals surface area (Å²) in [7, 11) is 0. The number of Topliss-reactive ketones (excluding diaryl/α,β-unsaturated/α-hetero) is 1. The average Bonchev–Trinajstić information content (AvgIpc) is 2.66. The summed E-state index contributed by atoms with van der Waals surface area (Å²) in [5.41, 5.74) is 3.48. The van der Waals surface area contributed by atoms with E-state index in [0.717, 1.165) is 12.1 Å². The van der Waals surface area contributed by atoms with Crippen molar-refractivity contribution in [2.24, 2.45) is 0 Å². The molecule has 0 unspecified atom stereocenters. The summed E-state index contributed by atoms with van der Waals surface area (Å²) >= 11 is 0. The number of nitrogens with one attached hydrogen (secondary N) is 1. The number of hydrogen-bond acceptors (Lipinski definition) is 3. The maximum atomic E-state index is 12.2. The van der Waals surface area contributed by atoms with Crippen LogP contribution in [-0.2, 0) is 6.42 Å². The molecule has 0 amide bonds. The molecule has 0 saturated carbocycles. The highest BCUT2D eigenvalue weighted by atomic mass is 16.1. The number of hydrogen-bond donors (Lipinski definition) is 1. The second-order valence-electron chi connectivity index (χ2n) is 6.48. The Morgan fingerprint density at radius 2 is 1.54 bits per heavy atom. The number of allylic oxidation sites excluding steroid dienone is 1. The zero-order valence-corrected chi connectivity index (χ0v) is 15.6. The first kappa shape index (κ1) is 19.6. The Hall–Kier alpha value is -2.68. The van der Waals surface area contributed by atoms with E-state index in [1.54, 1.807) is 18.3 Å². The third kappa shape index (κ3) is 6.32. The first-order chi connectivity index (χ1) is 12.6. The molecule has 0 spiro atoms. The monoisotopic (exact) mass is 349 g/mol. The number of aryl methyl sites for hydroxylation is 1. The lowest BCUT2D eigenvalue weighted by Crippen LogP contribution is -1.97.